The average Bonchev–Trinajstić information content (AvgIpc) is 2.82. The van der Waals surface area contributed by atoms with E-state index in [4.69, 9.17) is 0 Å². The highest BCUT2D eigenvalue weighted by atomic mass is 32.1. The smallest absolute Gasteiger partial charge is 0.266 e. The van der Waals surface area contributed by atoms with Crippen molar-refractivity contribution < 1.29 is 4.79 Å². The van der Waals surface area contributed by atoms with Crippen molar-refractivity contribution in [2.75, 3.05) is 36.9 Å². The van der Waals surface area contributed by atoms with Crippen molar-refractivity contribution in [3.05, 3.63) is 29.2 Å². The highest BCUT2D eigenvalue weighted by Crippen LogP contribution is 2.32. The maximum atomic E-state index is 13.2. The molecule has 3 fully saturated rings. The first-order chi connectivity index (χ1) is 12.2. The van der Waals surface area contributed by atoms with E-state index < -0.39 is 0 Å². The minimum absolute atomic E-state index is 0.118. The average molecular weight is 358 g/mol. The standard InChI is InChI=1S/C17H22N6OS/c1-11-15(25-17(18-2)21-11)16(24)23-9-12-3-4-13(23)10-22(8-12)14-7-19-5-6-20-14/h5-7,12-13H,3-4,8-10H2,1-2H3,(H,18,21)/t12-,13+/m1/s1. The van der Waals surface area contributed by atoms with Gasteiger partial charge in [-0.05, 0) is 25.7 Å². The van der Waals surface area contributed by atoms with Gasteiger partial charge in [-0.3, -0.25) is 9.78 Å². The molecule has 2 aromatic heterocycles. The van der Waals surface area contributed by atoms with Crippen molar-refractivity contribution in [3.8, 4) is 0 Å². The van der Waals surface area contributed by atoms with Gasteiger partial charge in [-0.2, -0.15) is 0 Å². The Morgan fingerprint density at radius 2 is 2.16 bits per heavy atom. The van der Waals surface area contributed by atoms with Gasteiger partial charge in [0.05, 0.1) is 11.9 Å². The number of hydrogen-bond acceptors (Lipinski definition) is 7. The summed E-state index contributed by atoms with van der Waals surface area (Å²) in [5.41, 5.74) is 0.810. The molecule has 1 N–H and O–H groups in total. The first-order valence-electron chi connectivity index (χ1n) is 8.63. The second-order valence-electron chi connectivity index (χ2n) is 6.71. The van der Waals surface area contributed by atoms with Crippen LogP contribution in [-0.4, -0.2) is 58.5 Å². The lowest BCUT2D eigenvalue weighted by Gasteiger charge is -2.35. The lowest BCUT2D eigenvalue weighted by Crippen LogP contribution is -2.47. The van der Waals surface area contributed by atoms with Crippen LogP contribution in [0, 0.1) is 12.8 Å². The molecule has 2 bridgehead atoms. The molecule has 0 aliphatic carbocycles. The zero-order valence-corrected chi connectivity index (χ0v) is 15.3. The molecule has 3 aliphatic heterocycles. The number of nitrogens with zero attached hydrogens (tertiary/aromatic N) is 5. The lowest BCUT2D eigenvalue weighted by atomic mass is 9.95. The number of rotatable bonds is 3. The first-order valence-corrected chi connectivity index (χ1v) is 9.44. The van der Waals surface area contributed by atoms with E-state index in [2.05, 4.69) is 30.1 Å². The summed E-state index contributed by atoms with van der Waals surface area (Å²) in [4.78, 5) is 31.3. The quantitative estimate of drug-likeness (QED) is 0.905. The van der Waals surface area contributed by atoms with Crippen LogP contribution in [0.1, 0.15) is 28.2 Å². The van der Waals surface area contributed by atoms with Crippen LogP contribution in [0.3, 0.4) is 0 Å². The van der Waals surface area contributed by atoms with Crippen molar-refractivity contribution in [2.45, 2.75) is 25.8 Å². The van der Waals surface area contributed by atoms with E-state index in [1.807, 2.05) is 20.2 Å². The number of aryl methyl sites for hydroxylation is 1. The van der Waals surface area contributed by atoms with E-state index in [0.29, 0.717) is 5.92 Å². The Balaban J connectivity index is 1.58. The van der Waals surface area contributed by atoms with E-state index in [0.717, 1.165) is 54.0 Å². The molecule has 0 saturated carbocycles. The molecular formula is C17H22N6OS. The number of amides is 1. The van der Waals surface area contributed by atoms with Gasteiger partial charge < -0.3 is 15.1 Å². The third kappa shape index (κ3) is 3.06. The molecule has 0 unspecified atom stereocenters. The van der Waals surface area contributed by atoms with E-state index in [1.165, 1.54) is 11.3 Å². The largest absolute Gasteiger partial charge is 0.365 e. The van der Waals surface area contributed by atoms with Crippen LogP contribution in [0.5, 0.6) is 0 Å². The van der Waals surface area contributed by atoms with Crippen molar-refractivity contribution in [1.29, 1.82) is 0 Å². The number of fused-ring (bicyclic) bond motifs is 4. The molecule has 0 aromatic carbocycles. The first kappa shape index (κ1) is 16.3. The molecule has 0 radical (unpaired) electrons. The maximum absolute atomic E-state index is 13.2. The van der Waals surface area contributed by atoms with Gasteiger partial charge in [0.1, 0.15) is 10.7 Å². The van der Waals surface area contributed by atoms with Crippen molar-refractivity contribution in [1.82, 2.24) is 19.9 Å². The Bertz CT molecular complexity index is 764. The maximum Gasteiger partial charge on any atom is 0.266 e. The molecule has 25 heavy (non-hydrogen) atoms. The Morgan fingerprint density at radius 3 is 2.88 bits per heavy atom. The monoisotopic (exact) mass is 358 g/mol. The second-order valence-corrected chi connectivity index (χ2v) is 7.71. The molecule has 7 nitrogen and oxygen atoms in total. The topological polar surface area (TPSA) is 74.2 Å². The predicted octanol–water partition coefficient (Wildman–Crippen LogP) is 2.02. The minimum atomic E-state index is 0.118. The molecule has 1 amide bonds. The highest BCUT2D eigenvalue weighted by Gasteiger charge is 2.38. The van der Waals surface area contributed by atoms with Gasteiger partial charge in [0.25, 0.3) is 5.91 Å². The highest BCUT2D eigenvalue weighted by molar-refractivity contribution is 7.17. The molecule has 3 saturated heterocycles. The Morgan fingerprint density at radius 1 is 1.28 bits per heavy atom. The third-order valence-corrected chi connectivity index (χ3v) is 6.22. The normalized spacial score (nSPS) is 22.8. The van der Waals surface area contributed by atoms with Crippen molar-refractivity contribution in [2.24, 2.45) is 5.92 Å². The van der Waals surface area contributed by atoms with E-state index in [9.17, 15) is 4.79 Å². The molecule has 2 aromatic rings. The van der Waals surface area contributed by atoms with Crippen LogP contribution in [-0.2, 0) is 0 Å². The predicted molar refractivity (Wildman–Crippen MR) is 98.2 cm³/mol. The number of carbonyl (C=O) groups excluding carboxylic acids is 1. The number of carbonyl (C=O) groups is 1. The zero-order chi connectivity index (χ0) is 17.4. The van der Waals surface area contributed by atoms with Gasteiger partial charge in [0.15, 0.2) is 5.13 Å². The van der Waals surface area contributed by atoms with Gasteiger partial charge in [0.2, 0.25) is 0 Å². The van der Waals surface area contributed by atoms with E-state index in [-0.39, 0.29) is 11.9 Å². The van der Waals surface area contributed by atoms with Crippen LogP contribution in [0.2, 0.25) is 0 Å². The number of aromatic nitrogens is 3. The summed E-state index contributed by atoms with van der Waals surface area (Å²) in [6.07, 6.45) is 7.44. The summed E-state index contributed by atoms with van der Waals surface area (Å²) in [6, 6.07) is 0.216. The summed E-state index contributed by atoms with van der Waals surface area (Å²) in [7, 11) is 1.83. The fourth-order valence-electron chi connectivity index (χ4n) is 3.80. The minimum Gasteiger partial charge on any atom is -0.365 e. The second kappa shape index (κ2) is 6.59. The zero-order valence-electron chi connectivity index (χ0n) is 14.5. The van der Waals surface area contributed by atoms with Gasteiger partial charge in [-0.1, -0.05) is 11.3 Å². The summed E-state index contributed by atoms with van der Waals surface area (Å²) in [6.45, 7) is 4.47. The van der Waals surface area contributed by atoms with E-state index >= 15 is 0 Å². The molecular weight excluding hydrogens is 336 g/mol. The molecule has 3 aliphatic rings. The van der Waals surface area contributed by atoms with Crippen LogP contribution in [0.25, 0.3) is 0 Å². The number of thiazole rings is 1. The van der Waals surface area contributed by atoms with Gasteiger partial charge >= 0.3 is 0 Å². The SMILES string of the molecule is CNc1nc(C)c(C(=O)N2C[C@@H]3CC[C@H]2CN(c2cnccn2)C3)s1. The van der Waals surface area contributed by atoms with Gasteiger partial charge in [-0.15, -0.1) is 0 Å². The number of anilines is 2. The Labute approximate surface area is 151 Å². The van der Waals surface area contributed by atoms with Crippen LogP contribution in [0.4, 0.5) is 10.9 Å². The van der Waals surface area contributed by atoms with Crippen molar-refractivity contribution in [3.63, 3.8) is 0 Å². The molecule has 8 heteroatoms. The number of piperidine rings is 1. The van der Waals surface area contributed by atoms with Gasteiger partial charge in [-0.25, -0.2) is 9.97 Å². The molecule has 132 valence electrons. The van der Waals surface area contributed by atoms with Crippen LogP contribution in [0.15, 0.2) is 18.6 Å². The fourth-order valence-corrected chi connectivity index (χ4v) is 4.68. The van der Waals surface area contributed by atoms with Crippen LogP contribution < -0.4 is 10.2 Å². The summed E-state index contributed by atoms with van der Waals surface area (Å²) in [5, 5.41) is 3.83. The molecule has 0 spiro atoms. The van der Waals surface area contributed by atoms with Crippen molar-refractivity contribution >= 4 is 28.2 Å². The molecule has 2 atom stereocenters. The number of hydrogen-bond donors (Lipinski definition) is 1. The Kier molecular flexibility index (Phi) is 4.29. The molecule has 5 rings (SSSR count). The summed E-state index contributed by atoms with van der Waals surface area (Å²) in [5.74, 6) is 1.49. The number of nitrogens with one attached hydrogen (secondary N) is 1. The lowest BCUT2D eigenvalue weighted by molar-refractivity contribution is 0.0596. The Hall–Kier alpha value is -2.22. The van der Waals surface area contributed by atoms with E-state index in [1.54, 1.807) is 12.4 Å². The summed E-state index contributed by atoms with van der Waals surface area (Å²) >= 11 is 1.44. The van der Waals surface area contributed by atoms with Crippen LogP contribution >= 0.6 is 11.3 Å². The fraction of sp³-hybridized carbons (Fsp3) is 0.529. The molecule has 5 heterocycles. The third-order valence-electron chi connectivity index (χ3n) is 5.05. The van der Waals surface area contributed by atoms with Gasteiger partial charge in [0, 0.05) is 45.1 Å². The summed E-state index contributed by atoms with van der Waals surface area (Å²) < 4.78 is 0.